The molecule has 0 saturated carbocycles. The summed E-state index contributed by atoms with van der Waals surface area (Å²) in [5, 5.41) is -0.272. The van der Waals surface area contributed by atoms with E-state index in [0.29, 0.717) is 0 Å². The van der Waals surface area contributed by atoms with Gasteiger partial charge >= 0.3 is 5.09 Å². The lowest BCUT2D eigenvalue weighted by molar-refractivity contribution is -0.917. The van der Waals surface area contributed by atoms with Crippen molar-refractivity contribution in [2.24, 2.45) is 0 Å². The number of hydrogen-bond acceptors (Lipinski definition) is 5. The molecule has 0 spiro atoms. The van der Waals surface area contributed by atoms with E-state index in [4.69, 9.17) is 0 Å². The summed E-state index contributed by atoms with van der Waals surface area (Å²) in [6, 6.07) is 0. The summed E-state index contributed by atoms with van der Waals surface area (Å²) in [6.07, 6.45) is 0. The van der Waals surface area contributed by atoms with Gasteiger partial charge in [-0.3, -0.25) is 0 Å². The van der Waals surface area contributed by atoms with Crippen LogP contribution in [0.5, 0.6) is 0 Å². The Morgan fingerprint density at radius 3 is 1.67 bits per heavy atom. The van der Waals surface area contributed by atoms with Gasteiger partial charge in [0.2, 0.25) is 0 Å². The van der Waals surface area contributed by atoms with Crippen molar-refractivity contribution in [2.45, 2.75) is 0 Å². The molecule has 6 heteroatoms. The topological polar surface area (TPSA) is 38.5 Å². The van der Waals surface area contributed by atoms with Crippen molar-refractivity contribution in [1.82, 2.24) is 0 Å². The molecule has 0 aliphatic carbocycles. The zero-order valence-electron chi connectivity index (χ0n) is 2.57. The number of nitrogens with zero attached hydrogens (tertiary/aromatic N) is 1. The Hall–Kier alpha value is -0.100. The molecule has 0 atom stereocenters. The van der Waals surface area contributed by atoms with Crippen molar-refractivity contribution in [2.75, 3.05) is 0 Å². The van der Waals surface area contributed by atoms with E-state index in [1.54, 1.807) is 0 Å². The van der Waals surface area contributed by atoms with Crippen molar-refractivity contribution in [1.29, 1.82) is 0 Å². The average molecular weight is 128 g/mol. The van der Waals surface area contributed by atoms with Crippen LogP contribution in [0.4, 0.5) is 0 Å². The van der Waals surface area contributed by atoms with Crippen molar-refractivity contribution >= 4 is 25.8 Å². The second kappa shape index (κ2) is 3.10. The van der Waals surface area contributed by atoms with Gasteiger partial charge in [-0.05, 0) is 0 Å². The second-order valence-electron chi connectivity index (χ2n) is 0.387. The Morgan fingerprint density at radius 1 is 1.33 bits per heavy atom. The highest BCUT2D eigenvalue weighted by molar-refractivity contribution is 7.75. The molecule has 36 valence electrons. The fourth-order valence-corrected chi connectivity index (χ4v) is 0.134. The molecule has 0 unspecified atom stereocenters. The minimum atomic E-state index is -0.272. The molecule has 4 nitrogen and oxygen atoms in total. The lowest BCUT2D eigenvalue weighted by Gasteiger charge is -1.69. The molecule has 0 aliphatic heterocycles. The van der Waals surface area contributed by atoms with Gasteiger partial charge in [0, 0.05) is 0 Å². The SMILES string of the molecule is O=[N+](OS)OS. The Morgan fingerprint density at radius 2 is 1.67 bits per heavy atom. The molecular weight excluding hydrogens is 126 g/mol. The second-order valence-corrected chi connectivity index (χ2v) is 0.714. The van der Waals surface area contributed by atoms with Gasteiger partial charge in [0.05, 0.1) is 0 Å². The molecule has 0 aliphatic rings. The quantitative estimate of drug-likeness (QED) is 0.319. The van der Waals surface area contributed by atoms with E-state index in [-0.39, 0.29) is 5.09 Å². The van der Waals surface area contributed by atoms with Crippen molar-refractivity contribution in [3.05, 3.63) is 4.91 Å². The fraction of sp³-hybridized carbons (Fsp3) is 0. The van der Waals surface area contributed by atoms with E-state index in [1.807, 2.05) is 0 Å². The van der Waals surface area contributed by atoms with Crippen molar-refractivity contribution in [3.8, 4) is 0 Å². The molecule has 0 saturated heterocycles. The molecule has 0 aromatic rings. The minimum Gasteiger partial charge on any atom is -0.109 e. The lowest BCUT2D eigenvalue weighted by Crippen LogP contribution is -1.94. The number of rotatable bonds is 2. The summed E-state index contributed by atoms with van der Waals surface area (Å²) in [5.41, 5.74) is 0. The van der Waals surface area contributed by atoms with E-state index in [1.165, 1.54) is 0 Å². The van der Waals surface area contributed by atoms with E-state index < -0.39 is 0 Å². The van der Waals surface area contributed by atoms with Crippen LogP contribution in [-0.2, 0) is 8.57 Å². The van der Waals surface area contributed by atoms with Gasteiger partial charge in [0.25, 0.3) is 0 Å². The first-order valence-corrected chi connectivity index (χ1v) is 1.64. The third-order valence-corrected chi connectivity index (χ3v) is 0.400. The number of hydrogen-bond donors (Lipinski definition) is 2. The van der Waals surface area contributed by atoms with Gasteiger partial charge in [-0.1, -0.05) is 0 Å². The highest BCUT2D eigenvalue weighted by Crippen LogP contribution is 1.84. The molecule has 0 amide bonds. The van der Waals surface area contributed by atoms with Crippen LogP contribution >= 0.6 is 25.8 Å². The molecule has 0 fully saturated rings. The van der Waals surface area contributed by atoms with Crippen LogP contribution in [0.25, 0.3) is 0 Å². The van der Waals surface area contributed by atoms with Gasteiger partial charge in [-0.25, -0.2) is 0 Å². The Balaban J connectivity index is 2.99. The minimum absolute atomic E-state index is 0.272. The first kappa shape index (κ1) is 5.90. The third kappa shape index (κ3) is 2.16. The van der Waals surface area contributed by atoms with Gasteiger partial charge < -0.3 is 0 Å². The van der Waals surface area contributed by atoms with Crippen LogP contribution < -0.4 is 0 Å². The molecule has 0 N–H and O–H groups in total. The first-order valence-electron chi connectivity index (χ1n) is 0.913. The zero-order chi connectivity index (χ0) is 4.99. The predicted octanol–water partition coefficient (Wildman–Crippen LogP) is 0.318. The third-order valence-electron chi connectivity index (χ3n) is 0.133. The van der Waals surface area contributed by atoms with Gasteiger partial charge in [0.1, 0.15) is 30.7 Å². The molecule has 0 heterocycles. The Bertz CT molecular complexity index is 46.8. The highest BCUT2D eigenvalue weighted by atomic mass is 32.1. The molecule has 0 rings (SSSR count). The zero-order valence-corrected chi connectivity index (χ0v) is 4.36. The van der Waals surface area contributed by atoms with Crippen LogP contribution in [0.3, 0.4) is 0 Å². The first-order chi connectivity index (χ1) is 2.81. The maximum Gasteiger partial charge on any atom is 0.503 e. The fourth-order valence-electron chi connectivity index (χ4n) is 0.0149. The van der Waals surface area contributed by atoms with Crippen LogP contribution in [-0.4, -0.2) is 5.09 Å². The van der Waals surface area contributed by atoms with E-state index >= 15 is 0 Å². The monoisotopic (exact) mass is 128 g/mol. The largest absolute Gasteiger partial charge is 0.503 e. The molecule has 6 heavy (non-hydrogen) atoms. The molecule has 0 aromatic heterocycles. The normalized spacial score (nSPS) is 7.00. The Labute approximate surface area is 45.1 Å². The maximum absolute atomic E-state index is 9.50. The smallest absolute Gasteiger partial charge is 0.109 e. The summed E-state index contributed by atoms with van der Waals surface area (Å²) >= 11 is 6.07. The van der Waals surface area contributed by atoms with E-state index in [9.17, 15) is 4.91 Å². The van der Waals surface area contributed by atoms with Gasteiger partial charge in [0.15, 0.2) is 0 Å². The molecule has 0 radical (unpaired) electrons. The van der Waals surface area contributed by atoms with Gasteiger partial charge in [-0.15, -0.1) is 8.57 Å². The van der Waals surface area contributed by atoms with E-state index in [2.05, 4.69) is 34.4 Å². The molecule has 0 aromatic carbocycles. The van der Waals surface area contributed by atoms with Crippen molar-refractivity contribution < 1.29 is 13.7 Å². The standard InChI is InChI=1S/HNO3S2/c2-1(3-5)4-6/h(H-,5,6)/p+1. The van der Waals surface area contributed by atoms with Crippen LogP contribution in [0.1, 0.15) is 0 Å². The van der Waals surface area contributed by atoms with Crippen LogP contribution in [0.2, 0.25) is 0 Å². The molecule has 0 bridgehead atoms. The predicted molar refractivity (Wildman–Crippen MR) is 23.8 cm³/mol. The maximum atomic E-state index is 9.50. The van der Waals surface area contributed by atoms with E-state index in [0.717, 1.165) is 0 Å². The van der Waals surface area contributed by atoms with Crippen LogP contribution in [0.15, 0.2) is 0 Å². The van der Waals surface area contributed by atoms with Gasteiger partial charge in [-0.2, -0.15) is 0 Å². The van der Waals surface area contributed by atoms with Crippen molar-refractivity contribution in [3.63, 3.8) is 0 Å². The summed E-state index contributed by atoms with van der Waals surface area (Å²) in [6.45, 7) is 0. The summed E-state index contributed by atoms with van der Waals surface area (Å²) in [4.78, 5) is 9.50. The molecular formula is H2NO3S2+. The Kier molecular flexibility index (Phi) is 3.05. The average Bonchev–Trinajstić information content (AvgIpc) is 1.65. The van der Waals surface area contributed by atoms with Crippen LogP contribution in [0, 0.1) is 4.91 Å². The summed E-state index contributed by atoms with van der Waals surface area (Å²) in [5.74, 6) is 0. The highest BCUT2D eigenvalue weighted by Gasteiger charge is 2.02. The summed E-state index contributed by atoms with van der Waals surface area (Å²) in [7, 11) is 0. The lowest BCUT2D eigenvalue weighted by atomic mass is 13.1. The number of thiol groups is 2. The summed E-state index contributed by atoms with van der Waals surface area (Å²) < 4.78 is 7.15.